The number of nitrogens with one attached hydrogen (secondary N) is 1. The number of nitrogens with zero attached hydrogens (tertiary/aromatic N) is 3. The Morgan fingerprint density at radius 1 is 1.20 bits per heavy atom. The van der Waals surface area contributed by atoms with Crippen LogP contribution in [0.1, 0.15) is 0 Å². The van der Waals surface area contributed by atoms with Crippen LogP contribution < -0.4 is 14.8 Å². The molecule has 4 rings (SSSR count). The van der Waals surface area contributed by atoms with Crippen molar-refractivity contribution in [2.45, 2.75) is 0 Å². The highest BCUT2D eigenvalue weighted by Crippen LogP contribution is 2.44. The van der Waals surface area contributed by atoms with Gasteiger partial charge in [0.05, 0.1) is 37.3 Å². The Hall–Kier alpha value is -2.45. The summed E-state index contributed by atoms with van der Waals surface area (Å²) in [5.41, 5.74) is 2.33. The number of hydrogen-bond donors (Lipinski definition) is 1. The molecule has 1 aromatic heterocycles. The molecular formula is C17H13BrN4O2S. The van der Waals surface area contributed by atoms with Gasteiger partial charge in [-0.05, 0) is 30.4 Å². The molecule has 0 atom stereocenters. The molecule has 0 aliphatic carbocycles. The summed E-state index contributed by atoms with van der Waals surface area (Å²) in [5.74, 6) is 1.82. The van der Waals surface area contributed by atoms with E-state index in [0.29, 0.717) is 27.6 Å². The van der Waals surface area contributed by atoms with Gasteiger partial charge in [0.15, 0.2) is 17.3 Å². The van der Waals surface area contributed by atoms with Crippen molar-refractivity contribution in [3.63, 3.8) is 0 Å². The Morgan fingerprint density at radius 3 is 2.76 bits per heavy atom. The highest BCUT2D eigenvalue weighted by atomic mass is 79.9. The van der Waals surface area contributed by atoms with Gasteiger partial charge in [0.2, 0.25) is 4.77 Å². The van der Waals surface area contributed by atoms with E-state index in [2.05, 4.69) is 31.2 Å². The highest BCUT2D eigenvalue weighted by molar-refractivity contribution is 9.10. The van der Waals surface area contributed by atoms with E-state index in [9.17, 15) is 0 Å². The summed E-state index contributed by atoms with van der Waals surface area (Å²) in [6, 6.07) is 9.70. The normalized spacial score (nSPS) is 12.1. The Morgan fingerprint density at radius 2 is 2.04 bits per heavy atom. The molecule has 3 aromatic rings. The molecule has 126 valence electrons. The number of aliphatic imine (C=N–C) groups is 1. The molecular weight excluding hydrogens is 404 g/mol. The van der Waals surface area contributed by atoms with Crippen molar-refractivity contribution in [1.82, 2.24) is 9.55 Å². The Bertz CT molecular complexity index is 1090. The monoisotopic (exact) mass is 416 g/mol. The standard InChI is InChI=1S/C17H13BrN4O2S/c1-23-12-7-11-13-14(15(12)24-2)21-17(25)22(16(13)20-8-19-11)10-5-3-4-9(18)6-10/h3-8H,1-2H3,(H,19,20). The van der Waals surface area contributed by atoms with E-state index in [1.54, 1.807) is 20.6 Å². The van der Waals surface area contributed by atoms with Gasteiger partial charge in [0.1, 0.15) is 5.52 Å². The van der Waals surface area contributed by atoms with E-state index >= 15 is 0 Å². The molecule has 1 aliphatic rings. The molecule has 2 aromatic carbocycles. The van der Waals surface area contributed by atoms with Gasteiger partial charge >= 0.3 is 0 Å². The first-order chi connectivity index (χ1) is 12.1. The fraction of sp³-hybridized carbons (Fsp3) is 0.118. The van der Waals surface area contributed by atoms with Gasteiger partial charge in [-0.1, -0.05) is 22.0 Å². The molecule has 0 radical (unpaired) electrons. The fourth-order valence-corrected chi connectivity index (χ4v) is 3.57. The second-order valence-corrected chi connectivity index (χ2v) is 6.60. The van der Waals surface area contributed by atoms with Gasteiger partial charge in [-0.3, -0.25) is 4.57 Å². The van der Waals surface area contributed by atoms with Crippen LogP contribution in [0.3, 0.4) is 0 Å². The number of aromatic nitrogens is 2. The molecule has 0 fully saturated rings. The van der Waals surface area contributed by atoms with E-state index in [1.165, 1.54) is 0 Å². The van der Waals surface area contributed by atoms with Crippen molar-refractivity contribution in [2.75, 3.05) is 19.5 Å². The first-order valence-corrected chi connectivity index (χ1v) is 8.61. The Labute approximate surface area is 157 Å². The first-order valence-electron chi connectivity index (χ1n) is 7.41. The minimum atomic E-state index is 0.386. The number of hydrogen-bond acceptors (Lipinski definition) is 6. The summed E-state index contributed by atoms with van der Waals surface area (Å²) in [7, 11) is 3.17. The van der Waals surface area contributed by atoms with Crippen LogP contribution in [0.2, 0.25) is 0 Å². The van der Waals surface area contributed by atoms with Crippen molar-refractivity contribution >= 4 is 56.9 Å². The van der Waals surface area contributed by atoms with Crippen LogP contribution in [0.4, 0.5) is 11.5 Å². The third-order valence-corrected chi connectivity index (χ3v) is 4.72. The van der Waals surface area contributed by atoms with E-state index in [4.69, 9.17) is 21.7 Å². The molecule has 0 unspecified atom stereocenters. The Balaban J connectivity index is 2.16. The maximum Gasteiger partial charge on any atom is 0.206 e. The van der Waals surface area contributed by atoms with Gasteiger partial charge in [-0.25, -0.2) is 9.98 Å². The van der Waals surface area contributed by atoms with E-state index in [0.717, 1.165) is 21.2 Å². The number of benzene rings is 2. The summed E-state index contributed by atoms with van der Waals surface area (Å²) in [6.45, 7) is 0. The molecule has 2 heterocycles. The number of halogens is 1. The summed E-state index contributed by atoms with van der Waals surface area (Å²) >= 11 is 9.05. The van der Waals surface area contributed by atoms with Crippen LogP contribution in [0.25, 0.3) is 16.6 Å². The maximum absolute atomic E-state index is 5.56. The Kier molecular flexibility index (Phi) is 3.93. The van der Waals surface area contributed by atoms with E-state index in [1.807, 2.05) is 34.9 Å². The molecule has 0 spiro atoms. The lowest BCUT2D eigenvalue weighted by atomic mass is 10.1. The van der Waals surface area contributed by atoms with Crippen LogP contribution >= 0.6 is 28.1 Å². The molecule has 0 bridgehead atoms. The van der Waals surface area contributed by atoms with Crippen molar-refractivity contribution < 1.29 is 9.47 Å². The maximum atomic E-state index is 5.56. The predicted octanol–water partition coefficient (Wildman–Crippen LogP) is 4.62. The third-order valence-electron chi connectivity index (χ3n) is 3.95. The van der Waals surface area contributed by atoms with Gasteiger partial charge in [0, 0.05) is 10.5 Å². The average molecular weight is 417 g/mol. The van der Waals surface area contributed by atoms with Gasteiger partial charge < -0.3 is 14.8 Å². The van der Waals surface area contributed by atoms with Crippen molar-refractivity contribution in [3.8, 4) is 17.2 Å². The summed E-state index contributed by atoms with van der Waals surface area (Å²) in [4.78, 5) is 9.13. The van der Waals surface area contributed by atoms with Crippen LogP contribution in [0.15, 0.2) is 39.8 Å². The lowest BCUT2D eigenvalue weighted by Gasteiger charge is -2.21. The summed E-state index contributed by atoms with van der Waals surface area (Å²) in [6.07, 6.45) is 1.63. The second kappa shape index (κ2) is 6.12. The van der Waals surface area contributed by atoms with Crippen LogP contribution in [0.5, 0.6) is 11.5 Å². The van der Waals surface area contributed by atoms with Gasteiger partial charge in [-0.2, -0.15) is 0 Å². The molecule has 1 aliphatic heterocycles. The van der Waals surface area contributed by atoms with Crippen molar-refractivity contribution in [3.05, 3.63) is 39.6 Å². The quantitative estimate of drug-likeness (QED) is 0.631. The number of methoxy groups -OCH3 is 2. The molecule has 0 saturated heterocycles. The summed E-state index contributed by atoms with van der Waals surface area (Å²) < 4.78 is 14.1. The number of rotatable bonds is 3. The average Bonchev–Trinajstić information content (AvgIpc) is 2.61. The molecule has 6 nitrogen and oxygen atoms in total. The smallest absolute Gasteiger partial charge is 0.206 e. The zero-order valence-corrected chi connectivity index (χ0v) is 15.8. The molecule has 0 saturated carbocycles. The number of ether oxygens (including phenoxy) is 2. The molecule has 1 N–H and O–H groups in total. The van der Waals surface area contributed by atoms with E-state index < -0.39 is 0 Å². The largest absolute Gasteiger partial charge is 0.493 e. The first kappa shape index (κ1) is 16.0. The van der Waals surface area contributed by atoms with Crippen molar-refractivity contribution in [2.24, 2.45) is 4.99 Å². The minimum absolute atomic E-state index is 0.386. The lowest BCUT2D eigenvalue weighted by Crippen LogP contribution is -2.09. The van der Waals surface area contributed by atoms with E-state index in [-0.39, 0.29) is 0 Å². The SMILES string of the molecule is COc1cc2c3c(n(-c4cccc(Br)c4)c(=S)nc3c1OC)N=CN2. The molecule has 25 heavy (non-hydrogen) atoms. The molecule has 8 heteroatoms. The molecule has 0 amide bonds. The van der Waals surface area contributed by atoms with Crippen molar-refractivity contribution in [1.29, 1.82) is 0 Å². The zero-order valence-electron chi connectivity index (χ0n) is 13.4. The van der Waals surface area contributed by atoms with Crippen LogP contribution in [0, 0.1) is 4.77 Å². The second-order valence-electron chi connectivity index (χ2n) is 5.32. The highest BCUT2D eigenvalue weighted by Gasteiger charge is 2.22. The predicted molar refractivity (Wildman–Crippen MR) is 104 cm³/mol. The van der Waals surface area contributed by atoms with Gasteiger partial charge in [-0.15, -0.1) is 0 Å². The topological polar surface area (TPSA) is 60.7 Å². The fourth-order valence-electron chi connectivity index (χ4n) is 2.90. The minimum Gasteiger partial charge on any atom is -0.493 e. The number of anilines is 1. The zero-order chi connectivity index (χ0) is 17.6. The van der Waals surface area contributed by atoms with Crippen LogP contribution in [-0.4, -0.2) is 30.1 Å². The lowest BCUT2D eigenvalue weighted by molar-refractivity contribution is 0.358. The third kappa shape index (κ3) is 2.49. The van der Waals surface area contributed by atoms with Crippen LogP contribution in [-0.2, 0) is 0 Å². The van der Waals surface area contributed by atoms with Gasteiger partial charge in [0.25, 0.3) is 0 Å². The summed E-state index contributed by atoms with van der Waals surface area (Å²) in [5, 5.41) is 3.97.